The number of benzene rings is 1. The van der Waals surface area contributed by atoms with E-state index in [1.165, 1.54) is 0 Å². The lowest BCUT2D eigenvalue weighted by Crippen LogP contribution is -2.34. The van der Waals surface area contributed by atoms with Gasteiger partial charge in [-0.3, -0.25) is 0 Å². The summed E-state index contributed by atoms with van der Waals surface area (Å²) in [5, 5.41) is 0. The number of methoxy groups -OCH3 is 1. The van der Waals surface area contributed by atoms with Crippen molar-refractivity contribution in [2.24, 2.45) is 5.73 Å². The zero-order chi connectivity index (χ0) is 13.1. The summed E-state index contributed by atoms with van der Waals surface area (Å²) in [6, 6.07) is 4.01. The highest BCUT2D eigenvalue weighted by atomic mass is 79.9. The maximum Gasteiger partial charge on any atom is 0.174 e. The van der Waals surface area contributed by atoms with E-state index in [0.29, 0.717) is 6.61 Å². The number of rotatable bonds is 5. The van der Waals surface area contributed by atoms with E-state index >= 15 is 0 Å². The molecule has 17 heavy (non-hydrogen) atoms. The van der Waals surface area contributed by atoms with Gasteiger partial charge in [-0.15, -0.1) is 0 Å². The molecule has 1 rings (SSSR count). The summed E-state index contributed by atoms with van der Waals surface area (Å²) in [6.45, 7) is 6.57. The Morgan fingerprint density at radius 2 is 2.00 bits per heavy atom. The minimum atomic E-state index is -0.239. The maximum absolute atomic E-state index is 6.02. The highest BCUT2D eigenvalue weighted by Gasteiger charge is 2.16. The fourth-order valence-corrected chi connectivity index (χ4v) is 2.36. The third-order valence-corrected chi connectivity index (χ3v) is 2.82. The molecule has 1 aromatic carbocycles. The van der Waals surface area contributed by atoms with Crippen molar-refractivity contribution in [1.82, 2.24) is 0 Å². The van der Waals surface area contributed by atoms with Crippen LogP contribution in [0.25, 0.3) is 0 Å². The minimum Gasteiger partial charge on any atom is -0.492 e. The first-order chi connectivity index (χ1) is 7.87. The number of halogens is 1. The number of hydrogen-bond acceptors (Lipinski definition) is 3. The molecule has 0 bridgehead atoms. The van der Waals surface area contributed by atoms with E-state index in [2.05, 4.69) is 15.9 Å². The second-order valence-electron chi connectivity index (χ2n) is 4.71. The largest absolute Gasteiger partial charge is 0.492 e. The van der Waals surface area contributed by atoms with Crippen LogP contribution < -0.4 is 15.2 Å². The van der Waals surface area contributed by atoms with Crippen LogP contribution in [-0.4, -0.2) is 19.3 Å². The summed E-state index contributed by atoms with van der Waals surface area (Å²) in [7, 11) is 1.63. The van der Waals surface area contributed by atoms with E-state index in [-0.39, 0.29) is 5.54 Å². The Kier molecular flexibility index (Phi) is 4.83. The monoisotopic (exact) mass is 301 g/mol. The molecule has 0 spiro atoms. The molecule has 0 radical (unpaired) electrons. The fourth-order valence-electron chi connectivity index (χ4n) is 1.71. The van der Waals surface area contributed by atoms with E-state index in [1.807, 2.05) is 32.9 Å². The molecule has 0 saturated carbocycles. The molecule has 2 N–H and O–H groups in total. The Balaban J connectivity index is 3.10. The molecule has 0 aliphatic carbocycles. The topological polar surface area (TPSA) is 44.5 Å². The Labute approximate surface area is 111 Å². The third-order valence-electron chi connectivity index (χ3n) is 2.23. The van der Waals surface area contributed by atoms with Crippen molar-refractivity contribution in [3.8, 4) is 11.5 Å². The zero-order valence-corrected chi connectivity index (χ0v) is 12.4. The molecule has 0 saturated heterocycles. The van der Waals surface area contributed by atoms with Gasteiger partial charge >= 0.3 is 0 Å². The van der Waals surface area contributed by atoms with Gasteiger partial charge in [-0.25, -0.2) is 0 Å². The molecule has 4 heteroatoms. The van der Waals surface area contributed by atoms with Crippen LogP contribution in [0, 0.1) is 0 Å². The van der Waals surface area contributed by atoms with Crippen LogP contribution in [0.2, 0.25) is 0 Å². The van der Waals surface area contributed by atoms with Gasteiger partial charge in [-0.2, -0.15) is 0 Å². The molecule has 0 atom stereocenters. The van der Waals surface area contributed by atoms with E-state index in [1.54, 1.807) is 7.11 Å². The van der Waals surface area contributed by atoms with E-state index < -0.39 is 0 Å². The summed E-state index contributed by atoms with van der Waals surface area (Å²) < 4.78 is 11.8. The van der Waals surface area contributed by atoms with Gasteiger partial charge in [0.1, 0.15) is 0 Å². The Bertz CT molecular complexity index is 386. The predicted octanol–water partition coefficient (Wildman–Crippen LogP) is 3.14. The molecule has 1 aromatic rings. The first-order valence-corrected chi connectivity index (χ1v) is 6.44. The first-order valence-electron chi connectivity index (χ1n) is 5.65. The van der Waals surface area contributed by atoms with Gasteiger partial charge in [-0.05, 0) is 60.8 Å². The van der Waals surface area contributed by atoms with Crippen molar-refractivity contribution in [3.05, 3.63) is 22.2 Å². The van der Waals surface area contributed by atoms with Crippen LogP contribution in [0.5, 0.6) is 11.5 Å². The van der Waals surface area contributed by atoms with Gasteiger partial charge in [0.2, 0.25) is 0 Å². The zero-order valence-electron chi connectivity index (χ0n) is 10.8. The lowest BCUT2D eigenvalue weighted by molar-refractivity contribution is 0.309. The van der Waals surface area contributed by atoms with E-state index in [0.717, 1.165) is 28.0 Å². The summed E-state index contributed by atoms with van der Waals surface area (Å²) in [5.41, 5.74) is 6.92. The standard InChI is InChI=1S/C13H20BrNO2/c1-5-17-11-7-9(8-13(2,3)15)6-10(14)12(11)16-4/h6-7H,5,8,15H2,1-4H3. The normalized spacial score (nSPS) is 11.4. The van der Waals surface area contributed by atoms with Crippen LogP contribution in [0.15, 0.2) is 16.6 Å². The highest BCUT2D eigenvalue weighted by molar-refractivity contribution is 9.10. The van der Waals surface area contributed by atoms with Crippen molar-refractivity contribution >= 4 is 15.9 Å². The van der Waals surface area contributed by atoms with Crippen molar-refractivity contribution in [2.75, 3.05) is 13.7 Å². The predicted molar refractivity (Wildman–Crippen MR) is 73.8 cm³/mol. The second-order valence-corrected chi connectivity index (χ2v) is 5.56. The minimum absolute atomic E-state index is 0.239. The molecule has 0 amide bonds. The third kappa shape index (κ3) is 4.21. The summed E-state index contributed by atoms with van der Waals surface area (Å²) in [5.74, 6) is 1.48. The van der Waals surface area contributed by atoms with Crippen LogP contribution in [0.4, 0.5) is 0 Å². The van der Waals surface area contributed by atoms with Crippen molar-refractivity contribution in [1.29, 1.82) is 0 Å². The highest BCUT2D eigenvalue weighted by Crippen LogP contribution is 2.37. The van der Waals surface area contributed by atoms with Crippen molar-refractivity contribution < 1.29 is 9.47 Å². The first kappa shape index (κ1) is 14.3. The van der Waals surface area contributed by atoms with E-state index in [9.17, 15) is 0 Å². The molecule has 0 aromatic heterocycles. The van der Waals surface area contributed by atoms with Gasteiger partial charge in [-0.1, -0.05) is 0 Å². The maximum atomic E-state index is 6.02. The molecule has 0 unspecified atom stereocenters. The number of nitrogens with two attached hydrogens (primary N) is 1. The van der Waals surface area contributed by atoms with Gasteiger partial charge in [0.25, 0.3) is 0 Å². The summed E-state index contributed by atoms with van der Waals surface area (Å²) in [6.07, 6.45) is 0.787. The van der Waals surface area contributed by atoms with Crippen LogP contribution in [-0.2, 0) is 6.42 Å². The average Bonchev–Trinajstić information content (AvgIpc) is 2.15. The molecule has 3 nitrogen and oxygen atoms in total. The Hall–Kier alpha value is -0.740. The molecular formula is C13H20BrNO2. The molecule has 0 fully saturated rings. The lowest BCUT2D eigenvalue weighted by Gasteiger charge is -2.20. The van der Waals surface area contributed by atoms with Crippen LogP contribution >= 0.6 is 15.9 Å². The fraction of sp³-hybridized carbons (Fsp3) is 0.538. The Morgan fingerprint density at radius 3 is 2.47 bits per heavy atom. The molecule has 0 aliphatic heterocycles. The van der Waals surface area contributed by atoms with Gasteiger partial charge < -0.3 is 15.2 Å². The molecule has 0 heterocycles. The van der Waals surface area contributed by atoms with Crippen LogP contribution in [0.1, 0.15) is 26.3 Å². The SMILES string of the molecule is CCOc1cc(CC(C)(C)N)cc(Br)c1OC. The molecule has 0 aliphatic rings. The van der Waals surface area contributed by atoms with E-state index in [4.69, 9.17) is 15.2 Å². The lowest BCUT2D eigenvalue weighted by atomic mass is 9.96. The quantitative estimate of drug-likeness (QED) is 0.909. The molecule has 96 valence electrons. The smallest absolute Gasteiger partial charge is 0.174 e. The van der Waals surface area contributed by atoms with Gasteiger partial charge in [0.05, 0.1) is 18.2 Å². The second kappa shape index (κ2) is 5.74. The Morgan fingerprint density at radius 1 is 1.35 bits per heavy atom. The van der Waals surface area contributed by atoms with Crippen molar-refractivity contribution in [3.63, 3.8) is 0 Å². The van der Waals surface area contributed by atoms with Gasteiger partial charge in [0, 0.05) is 5.54 Å². The summed E-state index contributed by atoms with van der Waals surface area (Å²) in [4.78, 5) is 0. The van der Waals surface area contributed by atoms with Crippen LogP contribution in [0.3, 0.4) is 0 Å². The summed E-state index contributed by atoms with van der Waals surface area (Å²) >= 11 is 3.49. The number of ether oxygens (including phenoxy) is 2. The molecular weight excluding hydrogens is 282 g/mol. The average molecular weight is 302 g/mol. The number of hydrogen-bond donors (Lipinski definition) is 1. The van der Waals surface area contributed by atoms with Gasteiger partial charge in [0.15, 0.2) is 11.5 Å². The van der Waals surface area contributed by atoms with Crippen molar-refractivity contribution in [2.45, 2.75) is 32.7 Å².